The lowest BCUT2D eigenvalue weighted by Gasteiger charge is -2.15. The molecule has 3 aromatic rings. The van der Waals surface area contributed by atoms with Crippen molar-refractivity contribution < 1.29 is 9.13 Å². The maximum atomic E-state index is 14.0. The summed E-state index contributed by atoms with van der Waals surface area (Å²) in [6, 6.07) is 11.9. The number of nitrogens with zero attached hydrogens (tertiary/aromatic N) is 3. The van der Waals surface area contributed by atoms with E-state index in [9.17, 15) is 4.39 Å². The summed E-state index contributed by atoms with van der Waals surface area (Å²) in [5.41, 5.74) is 0.458. The van der Waals surface area contributed by atoms with Crippen molar-refractivity contribution in [3.63, 3.8) is 0 Å². The molecule has 27 heavy (non-hydrogen) atoms. The maximum Gasteiger partial charge on any atom is 0.191 e. The topological polar surface area (TPSA) is 39.9 Å². The first-order valence-corrected chi connectivity index (χ1v) is 10.1. The fourth-order valence-electron chi connectivity index (χ4n) is 2.61. The normalized spacial score (nSPS) is 12.2. The Morgan fingerprint density at radius 1 is 1.19 bits per heavy atom. The lowest BCUT2D eigenvalue weighted by molar-refractivity contribution is 0.210. The van der Waals surface area contributed by atoms with Gasteiger partial charge in [-0.05, 0) is 44.2 Å². The van der Waals surface area contributed by atoms with E-state index in [0.717, 1.165) is 0 Å². The third-order valence-corrected chi connectivity index (χ3v) is 5.52. The molecule has 0 aliphatic heterocycles. The van der Waals surface area contributed by atoms with Crippen LogP contribution in [0.1, 0.15) is 31.3 Å². The number of ether oxygens (including phenoxy) is 1. The highest BCUT2D eigenvalue weighted by Gasteiger charge is 2.19. The Bertz CT molecular complexity index is 915. The predicted octanol–water partition coefficient (Wildman–Crippen LogP) is 6.18. The van der Waals surface area contributed by atoms with Gasteiger partial charge in [0.15, 0.2) is 17.1 Å². The second kappa shape index (κ2) is 8.95. The highest BCUT2D eigenvalue weighted by molar-refractivity contribution is 7.98. The molecule has 1 heterocycles. The molecule has 0 saturated heterocycles. The van der Waals surface area contributed by atoms with Crippen molar-refractivity contribution in [1.82, 2.24) is 14.8 Å². The van der Waals surface area contributed by atoms with Gasteiger partial charge in [-0.1, -0.05) is 47.1 Å². The number of hydrogen-bond donors (Lipinski definition) is 0. The zero-order valence-electron chi connectivity index (χ0n) is 14.8. The van der Waals surface area contributed by atoms with E-state index in [-0.39, 0.29) is 11.9 Å². The van der Waals surface area contributed by atoms with Crippen LogP contribution in [0.4, 0.5) is 4.39 Å². The summed E-state index contributed by atoms with van der Waals surface area (Å²) in [6.07, 6.45) is -0.317. The third kappa shape index (κ3) is 4.75. The second-order valence-electron chi connectivity index (χ2n) is 5.79. The molecule has 2 aromatic carbocycles. The first-order valence-electron chi connectivity index (χ1n) is 8.40. The van der Waals surface area contributed by atoms with Crippen molar-refractivity contribution in [2.45, 2.75) is 37.4 Å². The molecule has 0 fully saturated rings. The molecule has 0 aliphatic carbocycles. The average Bonchev–Trinajstić information content (AvgIpc) is 3.04. The molecule has 0 aliphatic rings. The van der Waals surface area contributed by atoms with Gasteiger partial charge in [-0.2, -0.15) is 0 Å². The molecule has 0 bridgehead atoms. The van der Waals surface area contributed by atoms with Gasteiger partial charge in [0, 0.05) is 27.9 Å². The van der Waals surface area contributed by atoms with E-state index in [2.05, 4.69) is 10.2 Å². The Balaban J connectivity index is 1.76. The lowest BCUT2D eigenvalue weighted by atomic mass is 10.2. The minimum absolute atomic E-state index is 0.317. The Labute approximate surface area is 171 Å². The molecular weight excluding hydrogens is 408 g/mol. The molecule has 1 aromatic heterocycles. The summed E-state index contributed by atoms with van der Waals surface area (Å²) >= 11 is 13.5. The Hall–Kier alpha value is -1.76. The molecule has 0 N–H and O–H groups in total. The summed E-state index contributed by atoms with van der Waals surface area (Å²) < 4.78 is 21.9. The van der Waals surface area contributed by atoms with Gasteiger partial charge in [-0.15, -0.1) is 10.2 Å². The van der Waals surface area contributed by atoms with Crippen LogP contribution in [0.25, 0.3) is 0 Å². The molecular formula is C19H18Cl2FN3OS. The van der Waals surface area contributed by atoms with Crippen LogP contribution in [0.15, 0.2) is 47.6 Å². The number of hydrogen-bond acceptors (Lipinski definition) is 4. The van der Waals surface area contributed by atoms with E-state index in [1.807, 2.05) is 30.5 Å². The van der Waals surface area contributed by atoms with E-state index < -0.39 is 0 Å². The van der Waals surface area contributed by atoms with E-state index in [1.165, 1.54) is 17.8 Å². The van der Waals surface area contributed by atoms with E-state index in [0.29, 0.717) is 44.6 Å². The first kappa shape index (κ1) is 20.0. The lowest BCUT2D eigenvalue weighted by Crippen LogP contribution is -2.12. The zero-order chi connectivity index (χ0) is 19.4. The Morgan fingerprint density at radius 2 is 1.96 bits per heavy atom. The second-order valence-corrected chi connectivity index (χ2v) is 7.58. The quantitative estimate of drug-likeness (QED) is 0.423. The van der Waals surface area contributed by atoms with Crippen molar-refractivity contribution in [1.29, 1.82) is 0 Å². The predicted molar refractivity (Wildman–Crippen MR) is 107 cm³/mol. The van der Waals surface area contributed by atoms with Crippen LogP contribution in [-0.4, -0.2) is 14.8 Å². The van der Waals surface area contributed by atoms with Gasteiger partial charge in [0.05, 0.1) is 0 Å². The number of halogens is 3. The summed E-state index contributed by atoms with van der Waals surface area (Å²) in [5, 5.41) is 10.2. The Kier molecular flexibility index (Phi) is 6.63. The summed E-state index contributed by atoms with van der Waals surface area (Å²) in [6.45, 7) is 4.57. The van der Waals surface area contributed by atoms with Crippen molar-refractivity contribution in [3.05, 3.63) is 69.7 Å². The fraction of sp³-hybridized carbons (Fsp3) is 0.263. The van der Waals surface area contributed by atoms with Crippen molar-refractivity contribution >= 4 is 35.0 Å². The van der Waals surface area contributed by atoms with Gasteiger partial charge >= 0.3 is 0 Å². The van der Waals surface area contributed by atoms with Gasteiger partial charge < -0.3 is 9.30 Å². The number of benzene rings is 2. The van der Waals surface area contributed by atoms with Crippen LogP contribution in [-0.2, 0) is 12.3 Å². The average molecular weight is 426 g/mol. The van der Waals surface area contributed by atoms with Gasteiger partial charge in [-0.3, -0.25) is 0 Å². The molecule has 4 nitrogen and oxygen atoms in total. The minimum atomic E-state index is -0.324. The van der Waals surface area contributed by atoms with Crippen molar-refractivity contribution in [2.75, 3.05) is 0 Å². The highest BCUT2D eigenvalue weighted by atomic mass is 35.5. The SMILES string of the molecule is CCn1c(SCc2c(F)cccc2Cl)nnc1C(C)Oc1cccc(Cl)c1. The smallest absolute Gasteiger partial charge is 0.191 e. The van der Waals surface area contributed by atoms with Gasteiger partial charge in [0.1, 0.15) is 11.6 Å². The van der Waals surface area contributed by atoms with Crippen LogP contribution >= 0.6 is 35.0 Å². The first-order chi connectivity index (χ1) is 13.0. The molecule has 0 spiro atoms. The van der Waals surface area contributed by atoms with Crippen LogP contribution in [0, 0.1) is 5.82 Å². The number of rotatable bonds is 7. The molecule has 1 atom stereocenters. The summed E-state index contributed by atoms with van der Waals surface area (Å²) in [5.74, 6) is 1.40. The largest absolute Gasteiger partial charge is 0.483 e. The molecule has 0 saturated carbocycles. The maximum absolute atomic E-state index is 14.0. The summed E-state index contributed by atoms with van der Waals surface area (Å²) in [4.78, 5) is 0. The van der Waals surface area contributed by atoms with Gasteiger partial charge in [0.2, 0.25) is 0 Å². The van der Waals surface area contributed by atoms with Crippen LogP contribution in [0.3, 0.4) is 0 Å². The molecule has 1 unspecified atom stereocenters. The highest BCUT2D eigenvalue weighted by Crippen LogP contribution is 2.30. The van der Waals surface area contributed by atoms with Crippen LogP contribution < -0.4 is 4.74 Å². The van der Waals surface area contributed by atoms with E-state index >= 15 is 0 Å². The summed E-state index contributed by atoms with van der Waals surface area (Å²) in [7, 11) is 0. The van der Waals surface area contributed by atoms with Crippen molar-refractivity contribution in [2.24, 2.45) is 0 Å². The molecule has 0 radical (unpaired) electrons. The van der Waals surface area contributed by atoms with Gasteiger partial charge in [-0.25, -0.2) is 4.39 Å². The fourth-order valence-corrected chi connectivity index (χ4v) is 4.14. The third-order valence-electron chi connectivity index (χ3n) is 3.94. The van der Waals surface area contributed by atoms with Crippen molar-refractivity contribution in [3.8, 4) is 5.75 Å². The molecule has 0 amide bonds. The minimum Gasteiger partial charge on any atom is -0.483 e. The monoisotopic (exact) mass is 425 g/mol. The standard InChI is InChI=1S/C19H18Cl2FN3OS/c1-3-25-18(12(2)26-14-7-4-6-13(20)10-14)23-24-19(25)27-11-15-16(21)8-5-9-17(15)22/h4-10,12H,3,11H2,1-2H3. The van der Waals surface area contributed by atoms with E-state index in [4.69, 9.17) is 27.9 Å². The van der Waals surface area contributed by atoms with Crippen LogP contribution in [0.2, 0.25) is 10.0 Å². The number of thioether (sulfide) groups is 1. The van der Waals surface area contributed by atoms with Gasteiger partial charge in [0.25, 0.3) is 0 Å². The van der Waals surface area contributed by atoms with Crippen LogP contribution in [0.5, 0.6) is 5.75 Å². The molecule has 3 rings (SSSR count). The molecule has 142 valence electrons. The number of aromatic nitrogens is 3. The Morgan fingerprint density at radius 3 is 2.67 bits per heavy atom. The van der Waals surface area contributed by atoms with E-state index in [1.54, 1.807) is 24.3 Å². The molecule has 8 heteroatoms. The zero-order valence-corrected chi connectivity index (χ0v) is 17.2.